The molecule has 1 atom stereocenters. The number of ether oxygens (including phenoxy) is 1. The quantitative estimate of drug-likeness (QED) is 0.680. The number of rotatable bonds is 7. The van der Waals surface area contributed by atoms with Crippen LogP contribution in [0.5, 0.6) is 5.75 Å². The van der Waals surface area contributed by atoms with Crippen LogP contribution < -0.4 is 15.4 Å². The van der Waals surface area contributed by atoms with Crippen molar-refractivity contribution in [2.75, 3.05) is 14.2 Å². The Balaban J connectivity index is 2.30. The summed E-state index contributed by atoms with van der Waals surface area (Å²) < 4.78 is 5.18. The van der Waals surface area contributed by atoms with E-state index in [1.807, 2.05) is 0 Å². The van der Waals surface area contributed by atoms with Gasteiger partial charge in [0.15, 0.2) is 0 Å². The topological polar surface area (TPSA) is 118 Å². The molecule has 2 aromatic rings. The van der Waals surface area contributed by atoms with Crippen molar-refractivity contribution in [1.29, 1.82) is 0 Å². The van der Waals surface area contributed by atoms with Crippen LogP contribution in [0.3, 0.4) is 0 Å². The zero-order valence-electron chi connectivity index (χ0n) is 15.3. The molecule has 1 unspecified atom stereocenters. The Morgan fingerprint density at radius 3 is 2.48 bits per heavy atom. The Morgan fingerprint density at radius 1 is 1.19 bits per heavy atom. The van der Waals surface area contributed by atoms with Crippen LogP contribution >= 0.6 is 0 Å². The van der Waals surface area contributed by atoms with E-state index in [2.05, 4.69) is 15.6 Å². The van der Waals surface area contributed by atoms with Crippen LogP contribution in [0.1, 0.15) is 39.8 Å². The molecule has 1 heterocycles. The predicted molar refractivity (Wildman–Crippen MR) is 97.7 cm³/mol. The number of hydrogen-bond donors (Lipinski definition) is 3. The van der Waals surface area contributed by atoms with Crippen LogP contribution in [0.4, 0.5) is 0 Å². The normalized spacial score (nSPS) is 12.6. The first-order chi connectivity index (χ1) is 12.8. The molecule has 8 nitrogen and oxygen atoms in total. The summed E-state index contributed by atoms with van der Waals surface area (Å²) in [6.07, 6.45) is 0.947. The van der Waals surface area contributed by atoms with Crippen LogP contribution in [0.25, 0.3) is 0 Å². The number of benzene rings is 1. The monoisotopic (exact) mass is 371 g/mol. The van der Waals surface area contributed by atoms with Crippen molar-refractivity contribution >= 4 is 17.8 Å². The highest BCUT2D eigenvalue weighted by Gasteiger charge is 2.32. The molecule has 0 fully saturated rings. The summed E-state index contributed by atoms with van der Waals surface area (Å²) in [4.78, 5) is 39.5. The molecule has 1 aromatic heterocycles. The van der Waals surface area contributed by atoms with Gasteiger partial charge in [-0.1, -0.05) is 12.1 Å². The second-order valence-electron chi connectivity index (χ2n) is 6.10. The fourth-order valence-electron chi connectivity index (χ4n) is 2.60. The van der Waals surface area contributed by atoms with E-state index in [9.17, 15) is 19.5 Å². The molecule has 0 saturated carbocycles. The fraction of sp³-hybridized carbons (Fsp3) is 0.263. The van der Waals surface area contributed by atoms with Gasteiger partial charge in [0.2, 0.25) is 0 Å². The molecule has 142 valence electrons. The van der Waals surface area contributed by atoms with E-state index in [0.29, 0.717) is 11.3 Å². The Morgan fingerprint density at radius 2 is 1.93 bits per heavy atom. The minimum atomic E-state index is -1.17. The molecule has 0 bridgehead atoms. The Hall–Kier alpha value is -3.42. The molecule has 0 saturated heterocycles. The van der Waals surface area contributed by atoms with Crippen molar-refractivity contribution < 1.29 is 24.2 Å². The van der Waals surface area contributed by atoms with Gasteiger partial charge in [-0.25, -0.2) is 0 Å². The van der Waals surface area contributed by atoms with E-state index in [1.54, 1.807) is 31.2 Å². The second-order valence-corrected chi connectivity index (χ2v) is 6.10. The van der Waals surface area contributed by atoms with Crippen LogP contribution in [0.2, 0.25) is 0 Å². The standard InChI is InChI=1S/C19H21N3O5/c1-19(10-16(23)24,13-5-4-6-14(9-13)27-3)22-17(25)12-7-8-15(21-11-12)18(26)20-2/h4-9,11H,10H2,1-3H3,(H,20,26)(H,22,25)(H,23,24). The van der Waals surface area contributed by atoms with Crippen molar-refractivity contribution in [2.24, 2.45) is 0 Å². The average molecular weight is 371 g/mol. The number of hydrogen-bond acceptors (Lipinski definition) is 5. The maximum atomic E-state index is 12.6. The Bertz CT molecular complexity index is 851. The van der Waals surface area contributed by atoms with E-state index in [1.165, 1.54) is 32.5 Å². The lowest BCUT2D eigenvalue weighted by Crippen LogP contribution is -2.45. The molecule has 0 radical (unpaired) electrons. The number of amides is 2. The predicted octanol–water partition coefficient (Wildman–Crippen LogP) is 1.57. The molecule has 0 aliphatic carbocycles. The first-order valence-electron chi connectivity index (χ1n) is 8.16. The first-order valence-corrected chi connectivity index (χ1v) is 8.16. The van der Waals surface area contributed by atoms with Gasteiger partial charge in [-0.2, -0.15) is 0 Å². The molecule has 0 aliphatic heterocycles. The molecule has 2 amide bonds. The van der Waals surface area contributed by atoms with E-state index in [0.717, 1.165) is 0 Å². The molecular weight excluding hydrogens is 350 g/mol. The lowest BCUT2D eigenvalue weighted by Gasteiger charge is -2.30. The zero-order valence-corrected chi connectivity index (χ0v) is 15.3. The Kier molecular flexibility index (Phi) is 6.12. The number of methoxy groups -OCH3 is 1. The fourth-order valence-corrected chi connectivity index (χ4v) is 2.60. The summed E-state index contributed by atoms with van der Waals surface area (Å²) in [5.74, 6) is -1.38. The van der Waals surface area contributed by atoms with Gasteiger partial charge in [0, 0.05) is 13.2 Å². The number of carboxylic acid groups (broad SMARTS) is 1. The van der Waals surface area contributed by atoms with Gasteiger partial charge in [-0.15, -0.1) is 0 Å². The zero-order chi connectivity index (χ0) is 20.0. The summed E-state index contributed by atoms with van der Waals surface area (Å²) in [6.45, 7) is 1.63. The molecule has 0 spiro atoms. The summed E-state index contributed by atoms with van der Waals surface area (Å²) in [6, 6.07) is 9.73. The van der Waals surface area contributed by atoms with Gasteiger partial charge in [0.1, 0.15) is 11.4 Å². The molecular formula is C19H21N3O5. The maximum Gasteiger partial charge on any atom is 0.306 e. The van der Waals surface area contributed by atoms with Gasteiger partial charge in [0.05, 0.1) is 24.6 Å². The molecule has 1 aromatic carbocycles. The van der Waals surface area contributed by atoms with Gasteiger partial charge in [0.25, 0.3) is 11.8 Å². The largest absolute Gasteiger partial charge is 0.497 e. The van der Waals surface area contributed by atoms with Crippen molar-refractivity contribution in [3.63, 3.8) is 0 Å². The minimum Gasteiger partial charge on any atom is -0.497 e. The second kappa shape index (κ2) is 8.31. The first kappa shape index (κ1) is 19.9. The third kappa shape index (κ3) is 4.81. The summed E-state index contributed by atoms with van der Waals surface area (Å²) >= 11 is 0. The number of aromatic nitrogens is 1. The number of carboxylic acids is 1. The number of aliphatic carboxylic acids is 1. The molecule has 0 aliphatic rings. The summed E-state index contributed by atoms with van der Waals surface area (Å²) in [5.41, 5.74) is -0.193. The maximum absolute atomic E-state index is 12.6. The van der Waals surface area contributed by atoms with E-state index in [4.69, 9.17) is 4.74 Å². The molecule has 3 N–H and O–H groups in total. The van der Waals surface area contributed by atoms with Crippen molar-refractivity contribution in [2.45, 2.75) is 18.9 Å². The van der Waals surface area contributed by atoms with E-state index < -0.39 is 17.4 Å². The van der Waals surface area contributed by atoms with Crippen molar-refractivity contribution in [3.05, 3.63) is 59.4 Å². The SMILES string of the molecule is CNC(=O)c1ccc(C(=O)NC(C)(CC(=O)O)c2cccc(OC)c2)cn1. The summed E-state index contributed by atoms with van der Waals surface area (Å²) in [5, 5.41) is 14.5. The van der Waals surface area contributed by atoms with E-state index >= 15 is 0 Å². The lowest BCUT2D eigenvalue weighted by molar-refractivity contribution is -0.138. The minimum absolute atomic E-state index is 0.176. The van der Waals surface area contributed by atoms with Crippen LogP contribution in [-0.2, 0) is 10.3 Å². The van der Waals surface area contributed by atoms with Crippen LogP contribution in [-0.4, -0.2) is 42.0 Å². The average Bonchev–Trinajstić information content (AvgIpc) is 2.66. The van der Waals surface area contributed by atoms with Gasteiger partial charge < -0.3 is 20.5 Å². The number of pyridine rings is 1. The Labute approximate surface area is 156 Å². The lowest BCUT2D eigenvalue weighted by atomic mass is 9.88. The highest BCUT2D eigenvalue weighted by Crippen LogP contribution is 2.28. The van der Waals surface area contributed by atoms with Gasteiger partial charge >= 0.3 is 5.97 Å². The van der Waals surface area contributed by atoms with Crippen molar-refractivity contribution in [1.82, 2.24) is 15.6 Å². The third-order valence-corrected chi connectivity index (χ3v) is 4.09. The highest BCUT2D eigenvalue weighted by molar-refractivity contribution is 5.96. The number of nitrogens with one attached hydrogen (secondary N) is 2. The number of nitrogens with zero attached hydrogens (tertiary/aromatic N) is 1. The number of carbonyl (C=O) groups is 3. The van der Waals surface area contributed by atoms with Crippen LogP contribution in [0, 0.1) is 0 Å². The molecule has 2 rings (SSSR count). The third-order valence-electron chi connectivity index (χ3n) is 4.09. The summed E-state index contributed by atoms with van der Waals surface area (Å²) in [7, 11) is 2.99. The number of carbonyl (C=O) groups excluding carboxylic acids is 2. The van der Waals surface area contributed by atoms with Gasteiger partial charge in [-0.05, 0) is 36.8 Å². The molecule has 27 heavy (non-hydrogen) atoms. The van der Waals surface area contributed by atoms with E-state index in [-0.39, 0.29) is 23.6 Å². The van der Waals surface area contributed by atoms with Crippen LogP contribution in [0.15, 0.2) is 42.6 Å². The molecule has 8 heteroatoms. The van der Waals surface area contributed by atoms with Gasteiger partial charge in [-0.3, -0.25) is 19.4 Å². The highest BCUT2D eigenvalue weighted by atomic mass is 16.5. The van der Waals surface area contributed by atoms with Crippen molar-refractivity contribution in [3.8, 4) is 5.75 Å². The smallest absolute Gasteiger partial charge is 0.306 e.